The monoisotopic (exact) mass is 335 g/mol. The standard InChI is InChI=1S/C17H29N5O2/c1-10(2)16(18)17(24)19-8-15(23)20-13-6-5-12-9-22(11(3)4)21-14(12)7-13/h9-11,13,16H,5-8,18H2,1-4H3,(H,19,24)(H,20,23)/t13?,16-/m0/s1. The molecule has 134 valence electrons. The van der Waals surface area contributed by atoms with Crippen molar-refractivity contribution in [2.75, 3.05) is 6.54 Å². The Bertz CT molecular complexity index is 594. The van der Waals surface area contributed by atoms with Crippen LogP contribution in [0.4, 0.5) is 0 Å². The van der Waals surface area contributed by atoms with Crippen LogP contribution in [-0.2, 0) is 22.4 Å². The van der Waals surface area contributed by atoms with E-state index in [1.54, 1.807) is 0 Å². The van der Waals surface area contributed by atoms with Crippen molar-refractivity contribution in [2.24, 2.45) is 11.7 Å². The predicted octanol–water partition coefficient (Wildman–Crippen LogP) is 0.537. The smallest absolute Gasteiger partial charge is 0.239 e. The molecule has 7 nitrogen and oxygen atoms in total. The average molecular weight is 335 g/mol. The third kappa shape index (κ3) is 4.56. The second-order valence-electron chi connectivity index (χ2n) is 7.17. The highest BCUT2D eigenvalue weighted by molar-refractivity contribution is 5.87. The summed E-state index contributed by atoms with van der Waals surface area (Å²) in [7, 11) is 0. The summed E-state index contributed by atoms with van der Waals surface area (Å²) < 4.78 is 1.97. The second kappa shape index (κ2) is 7.79. The van der Waals surface area contributed by atoms with Gasteiger partial charge in [-0.25, -0.2) is 0 Å². The van der Waals surface area contributed by atoms with Crippen molar-refractivity contribution in [3.63, 3.8) is 0 Å². The zero-order valence-electron chi connectivity index (χ0n) is 15.0. The van der Waals surface area contributed by atoms with E-state index in [-0.39, 0.29) is 30.3 Å². The number of carbonyl (C=O) groups is 2. The van der Waals surface area contributed by atoms with Gasteiger partial charge in [0, 0.05) is 24.7 Å². The van der Waals surface area contributed by atoms with E-state index in [1.807, 2.05) is 18.5 Å². The zero-order chi connectivity index (χ0) is 17.9. The molecule has 1 aliphatic rings. The number of aryl methyl sites for hydroxylation is 1. The molecule has 0 spiro atoms. The topological polar surface area (TPSA) is 102 Å². The van der Waals surface area contributed by atoms with Gasteiger partial charge < -0.3 is 16.4 Å². The summed E-state index contributed by atoms with van der Waals surface area (Å²) in [6, 6.07) is -0.185. The van der Waals surface area contributed by atoms with E-state index in [2.05, 4.69) is 35.8 Å². The minimum absolute atomic E-state index is 0.0386. The van der Waals surface area contributed by atoms with Gasteiger partial charge in [0.15, 0.2) is 0 Å². The number of nitrogens with one attached hydrogen (secondary N) is 2. The molecule has 2 atom stereocenters. The molecule has 0 saturated heterocycles. The average Bonchev–Trinajstić information content (AvgIpc) is 2.95. The summed E-state index contributed by atoms with van der Waals surface area (Å²) in [5.74, 6) is -0.432. The van der Waals surface area contributed by atoms with Crippen LogP contribution in [0.1, 0.15) is 51.4 Å². The Hall–Kier alpha value is -1.89. The number of rotatable bonds is 6. The van der Waals surface area contributed by atoms with E-state index in [4.69, 9.17) is 5.73 Å². The Morgan fingerprint density at radius 1 is 1.38 bits per heavy atom. The number of hydrogen-bond donors (Lipinski definition) is 3. The zero-order valence-corrected chi connectivity index (χ0v) is 15.0. The summed E-state index contributed by atoms with van der Waals surface area (Å²) in [6.07, 6.45) is 4.64. The van der Waals surface area contributed by atoms with Gasteiger partial charge in [-0.15, -0.1) is 0 Å². The van der Waals surface area contributed by atoms with E-state index in [0.717, 1.165) is 25.0 Å². The number of hydrogen-bond acceptors (Lipinski definition) is 4. The number of aromatic nitrogens is 2. The van der Waals surface area contributed by atoms with Gasteiger partial charge in [-0.3, -0.25) is 14.3 Å². The van der Waals surface area contributed by atoms with Gasteiger partial charge in [0.1, 0.15) is 0 Å². The van der Waals surface area contributed by atoms with Gasteiger partial charge in [0.25, 0.3) is 0 Å². The Kier molecular flexibility index (Phi) is 5.99. The first-order valence-electron chi connectivity index (χ1n) is 8.67. The van der Waals surface area contributed by atoms with E-state index in [9.17, 15) is 9.59 Å². The van der Waals surface area contributed by atoms with Gasteiger partial charge in [0.05, 0.1) is 18.3 Å². The van der Waals surface area contributed by atoms with E-state index in [0.29, 0.717) is 6.04 Å². The number of nitrogens with zero attached hydrogens (tertiary/aromatic N) is 2. The van der Waals surface area contributed by atoms with Crippen molar-refractivity contribution >= 4 is 11.8 Å². The molecule has 0 fully saturated rings. The van der Waals surface area contributed by atoms with Crippen molar-refractivity contribution in [2.45, 2.75) is 65.1 Å². The van der Waals surface area contributed by atoms with Crippen LogP contribution in [0.2, 0.25) is 0 Å². The maximum Gasteiger partial charge on any atom is 0.239 e. The fraction of sp³-hybridized carbons (Fsp3) is 0.706. The predicted molar refractivity (Wildman–Crippen MR) is 92.4 cm³/mol. The Morgan fingerprint density at radius 3 is 2.71 bits per heavy atom. The van der Waals surface area contributed by atoms with Crippen LogP contribution in [0.3, 0.4) is 0 Å². The Labute approximate surface area is 143 Å². The molecule has 2 amide bonds. The molecule has 0 radical (unpaired) electrons. The Balaban J connectivity index is 1.82. The van der Waals surface area contributed by atoms with Gasteiger partial charge in [-0.1, -0.05) is 13.8 Å². The lowest BCUT2D eigenvalue weighted by molar-refractivity contribution is -0.127. The highest BCUT2D eigenvalue weighted by Gasteiger charge is 2.24. The molecule has 1 aromatic heterocycles. The molecule has 1 unspecified atom stereocenters. The lowest BCUT2D eigenvalue weighted by atomic mass is 9.94. The molecule has 1 aliphatic carbocycles. The molecule has 1 aromatic rings. The fourth-order valence-corrected chi connectivity index (χ4v) is 2.77. The maximum atomic E-state index is 12.0. The molecule has 1 heterocycles. The summed E-state index contributed by atoms with van der Waals surface area (Å²) in [6.45, 7) is 7.91. The van der Waals surface area contributed by atoms with Crippen molar-refractivity contribution in [1.29, 1.82) is 0 Å². The molecule has 0 saturated carbocycles. The fourth-order valence-electron chi connectivity index (χ4n) is 2.77. The first-order chi connectivity index (χ1) is 11.3. The van der Waals surface area contributed by atoms with Crippen molar-refractivity contribution in [3.05, 3.63) is 17.5 Å². The molecule has 2 rings (SSSR count). The number of carbonyl (C=O) groups excluding carboxylic acids is 2. The number of fused-ring (bicyclic) bond motifs is 1. The summed E-state index contributed by atoms with van der Waals surface area (Å²) in [5.41, 5.74) is 8.09. The normalized spacial score (nSPS) is 18.4. The van der Waals surface area contributed by atoms with Crippen LogP contribution < -0.4 is 16.4 Å². The lowest BCUT2D eigenvalue weighted by Crippen LogP contribution is -2.49. The maximum absolute atomic E-state index is 12.0. The van der Waals surface area contributed by atoms with Crippen LogP contribution >= 0.6 is 0 Å². The van der Waals surface area contributed by atoms with Gasteiger partial charge >= 0.3 is 0 Å². The molecule has 7 heteroatoms. The third-order valence-electron chi connectivity index (χ3n) is 4.44. The number of nitrogens with two attached hydrogens (primary N) is 1. The third-order valence-corrected chi connectivity index (χ3v) is 4.44. The minimum Gasteiger partial charge on any atom is -0.351 e. The van der Waals surface area contributed by atoms with E-state index in [1.165, 1.54) is 5.56 Å². The largest absolute Gasteiger partial charge is 0.351 e. The molecule has 4 N–H and O–H groups in total. The Morgan fingerprint density at radius 2 is 2.08 bits per heavy atom. The molecule has 0 bridgehead atoms. The molecule has 0 aromatic carbocycles. The molecular formula is C17H29N5O2. The van der Waals surface area contributed by atoms with Crippen molar-refractivity contribution < 1.29 is 9.59 Å². The number of amides is 2. The highest BCUT2D eigenvalue weighted by Crippen LogP contribution is 2.21. The summed E-state index contributed by atoms with van der Waals surface area (Å²) in [5, 5.41) is 10.2. The lowest BCUT2D eigenvalue weighted by Gasteiger charge is -2.22. The quantitative estimate of drug-likeness (QED) is 0.706. The summed E-state index contributed by atoms with van der Waals surface area (Å²) >= 11 is 0. The highest BCUT2D eigenvalue weighted by atomic mass is 16.2. The molecular weight excluding hydrogens is 306 g/mol. The van der Waals surface area contributed by atoms with Crippen LogP contribution in [0, 0.1) is 5.92 Å². The van der Waals surface area contributed by atoms with Crippen LogP contribution in [-0.4, -0.2) is 40.2 Å². The SMILES string of the molecule is CC(C)[C@H](N)C(=O)NCC(=O)NC1CCc2cn(C(C)C)nc2C1. The van der Waals surface area contributed by atoms with Gasteiger partial charge in [-0.2, -0.15) is 5.10 Å². The van der Waals surface area contributed by atoms with Gasteiger partial charge in [0.2, 0.25) is 11.8 Å². The first-order valence-corrected chi connectivity index (χ1v) is 8.67. The first kappa shape index (κ1) is 18.4. The molecule has 24 heavy (non-hydrogen) atoms. The minimum atomic E-state index is -0.588. The van der Waals surface area contributed by atoms with Crippen molar-refractivity contribution in [1.82, 2.24) is 20.4 Å². The van der Waals surface area contributed by atoms with Crippen LogP contribution in [0.15, 0.2) is 6.20 Å². The molecule has 0 aliphatic heterocycles. The van der Waals surface area contributed by atoms with Crippen LogP contribution in [0.5, 0.6) is 0 Å². The summed E-state index contributed by atoms with van der Waals surface area (Å²) in [4.78, 5) is 23.8. The van der Waals surface area contributed by atoms with E-state index >= 15 is 0 Å². The van der Waals surface area contributed by atoms with Crippen molar-refractivity contribution in [3.8, 4) is 0 Å². The van der Waals surface area contributed by atoms with Gasteiger partial charge in [-0.05, 0) is 38.2 Å². The van der Waals surface area contributed by atoms with E-state index < -0.39 is 6.04 Å². The van der Waals surface area contributed by atoms with Crippen LogP contribution in [0.25, 0.3) is 0 Å². The second-order valence-corrected chi connectivity index (χ2v) is 7.17.